The van der Waals surface area contributed by atoms with E-state index in [1.165, 1.54) is 6.92 Å². The summed E-state index contributed by atoms with van der Waals surface area (Å²) in [7, 11) is 6.41. The highest BCUT2D eigenvalue weighted by Gasteiger charge is 2.17. The van der Waals surface area contributed by atoms with Crippen LogP contribution in [0.5, 0.6) is 17.2 Å². The maximum atomic E-state index is 12.7. The lowest BCUT2D eigenvalue weighted by Gasteiger charge is -2.20. The SMILES string of the molecule is COc1ccc(C(C)=O)cc1CC(=O)N(C)Cc1cccc(OC)c1OC. The van der Waals surface area contributed by atoms with Crippen molar-refractivity contribution >= 4 is 11.7 Å². The third-order valence-corrected chi connectivity index (χ3v) is 4.35. The Morgan fingerprint density at radius 3 is 2.22 bits per heavy atom. The van der Waals surface area contributed by atoms with Crippen LogP contribution in [0.4, 0.5) is 0 Å². The molecule has 2 rings (SSSR count). The minimum Gasteiger partial charge on any atom is -0.496 e. The Bertz CT molecular complexity index is 831. The Hall–Kier alpha value is -3.02. The molecule has 0 radical (unpaired) electrons. The average molecular weight is 371 g/mol. The van der Waals surface area contributed by atoms with E-state index < -0.39 is 0 Å². The molecule has 0 atom stereocenters. The van der Waals surface area contributed by atoms with Crippen LogP contribution in [-0.4, -0.2) is 45.0 Å². The number of carbonyl (C=O) groups is 2. The van der Waals surface area contributed by atoms with E-state index in [4.69, 9.17) is 14.2 Å². The predicted molar refractivity (Wildman–Crippen MR) is 103 cm³/mol. The molecule has 27 heavy (non-hydrogen) atoms. The van der Waals surface area contributed by atoms with Crippen molar-refractivity contribution in [3.8, 4) is 17.2 Å². The summed E-state index contributed by atoms with van der Waals surface area (Å²) < 4.78 is 16.1. The molecule has 0 aliphatic heterocycles. The van der Waals surface area contributed by atoms with E-state index in [1.54, 1.807) is 51.5 Å². The number of methoxy groups -OCH3 is 3. The summed E-state index contributed by atoms with van der Waals surface area (Å²) in [4.78, 5) is 26.0. The molecule has 6 nitrogen and oxygen atoms in total. The number of hydrogen-bond donors (Lipinski definition) is 0. The molecule has 0 aromatic heterocycles. The number of ketones is 1. The van der Waals surface area contributed by atoms with Crippen LogP contribution in [0.2, 0.25) is 0 Å². The normalized spacial score (nSPS) is 10.3. The molecule has 6 heteroatoms. The lowest BCUT2D eigenvalue weighted by Crippen LogP contribution is -2.28. The first-order valence-corrected chi connectivity index (χ1v) is 8.53. The Morgan fingerprint density at radius 1 is 0.926 bits per heavy atom. The average Bonchev–Trinajstić information content (AvgIpc) is 2.67. The summed E-state index contributed by atoms with van der Waals surface area (Å²) in [6.45, 7) is 1.86. The highest BCUT2D eigenvalue weighted by atomic mass is 16.5. The number of hydrogen-bond acceptors (Lipinski definition) is 5. The van der Waals surface area contributed by atoms with Gasteiger partial charge in [0.05, 0.1) is 27.8 Å². The third-order valence-electron chi connectivity index (χ3n) is 4.35. The van der Waals surface area contributed by atoms with Gasteiger partial charge in [-0.3, -0.25) is 9.59 Å². The summed E-state index contributed by atoms with van der Waals surface area (Å²) in [6.07, 6.45) is 0.132. The van der Waals surface area contributed by atoms with Gasteiger partial charge >= 0.3 is 0 Å². The summed E-state index contributed by atoms with van der Waals surface area (Å²) >= 11 is 0. The molecular weight excluding hydrogens is 346 g/mol. The van der Waals surface area contributed by atoms with Crippen molar-refractivity contribution in [3.05, 3.63) is 53.1 Å². The van der Waals surface area contributed by atoms with Gasteiger partial charge in [-0.05, 0) is 31.2 Å². The highest BCUT2D eigenvalue weighted by molar-refractivity contribution is 5.94. The molecule has 1 amide bonds. The molecule has 0 unspecified atom stereocenters. The molecule has 0 saturated carbocycles. The van der Waals surface area contributed by atoms with Crippen molar-refractivity contribution in [2.45, 2.75) is 19.9 Å². The maximum absolute atomic E-state index is 12.7. The Labute approximate surface area is 159 Å². The van der Waals surface area contributed by atoms with E-state index in [-0.39, 0.29) is 18.1 Å². The Kier molecular flexibility index (Phi) is 6.82. The lowest BCUT2D eigenvalue weighted by molar-refractivity contribution is -0.129. The minimum atomic E-state index is -0.0983. The summed E-state index contributed by atoms with van der Waals surface area (Å²) in [5, 5.41) is 0. The maximum Gasteiger partial charge on any atom is 0.227 e. The van der Waals surface area contributed by atoms with Gasteiger partial charge in [0.25, 0.3) is 0 Å². The van der Waals surface area contributed by atoms with Crippen molar-refractivity contribution in [1.29, 1.82) is 0 Å². The fourth-order valence-electron chi connectivity index (χ4n) is 2.86. The fourth-order valence-corrected chi connectivity index (χ4v) is 2.86. The van der Waals surface area contributed by atoms with Gasteiger partial charge < -0.3 is 19.1 Å². The smallest absolute Gasteiger partial charge is 0.227 e. The van der Waals surface area contributed by atoms with Crippen molar-refractivity contribution in [2.24, 2.45) is 0 Å². The van der Waals surface area contributed by atoms with E-state index in [0.29, 0.717) is 34.9 Å². The highest BCUT2D eigenvalue weighted by Crippen LogP contribution is 2.31. The summed E-state index contributed by atoms with van der Waals surface area (Å²) in [5.74, 6) is 1.66. The van der Waals surface area contributed by atoms with Crippen molar-refractivity contribution in [3.63, 3.8) is 0 Å². The molecule has 0 heterocycles. The molecule has 0 aliphatic rings. The fraction of sp³-hybridized carbons (Fsp3) is 0.333. The number of benzene rings is 2. The van der Waals surface area contributed by atoms with Crippen LogP contribution in [0, 0.1) is 0 Å². The zero-order chi connectivity index (χ0) is 20.0. The minimum absolute atomic E-state index is 0.0548. The number of likely N-dealkylation sites (N-methyl/N-ethyl adjacent to an activating group) is 1. The molecule has 2 aromatic rings. The molecular formula is C21H25NO5. The summed E-state index contributed by atoms with van der Waals surface area (Å²) in [6, 6.07) is 10.7. The van der Waals surface area contributed by atoms with Gasteiger partial charge in [0.15, 0.2) is 17.3 Å². The molecule has 0 saturated heterocycles. The van der Waals surface area contributed by atoms with Crippen LogP contribution in [0.15, 0.2) is 36.4 Å². The van der Waals surface area contributed by atoms with E-state index in [9.17, 15) is 9.59 Å². The Balaban J connectivity index is 2.20. The zero-order valence-corrected chi connectivity index (χ0v) is 16.4. The van der Waals surface area contributed by atoms with Gasteiger partial charge in [0.2, 0.25) is 5.91 Å². The first kappa shape index (κ1) is 20.3. The number of amides is 1. The Morgan fingerprint density at radius 2 is 1.63 bits per heavy atom. The number of Topliss-reactive ketones (excluding diaryl/α,β-unsaturated/α-hetero) is 1. The van der Waals surface area contributed by atoms with Gasteiger partial charge in [-0.1, -0.05) is 12.1 Å². The van der Waals surface area contributed by atoms with Crippen LogP contribution >= 0.6 is 0 Å². The van der Waals surface area contributed by atoms with E-state index in [1.807, 2.05) is 18.2 Å². The second-order valence-electron chi connectivity index (χ2n) is 6.16. The van der Waals surface area contributed by atoms with Gasteiger partial charge in [-0.2, -0.15) is 0 Å². The monoisotopic (exact) mass is 371 g/mol. The lowest BCUT2D eigenvalue weighted by atomic mass is 10.0. The number of para-hydroxylation sites is 1. The molecule has 0 aliphatic carbocycles. The van der Waals surface area contributed by atoms with Crippen LogP contribution in [0.3, 0.4) is 0 Å². The largest absolute Gasteiger partial charge is 0.496 e. The molecule has 144 valence electrons. The van der Waals surface area contributed by atoms with Crippen molar-refractivity contribution < 1.29 is 23.8 Å². The first-order valence-electron chi connectivity index (χ1n) is 8.53. The van der Waals surface area contributed by atoms with Gasteiger partial charge in [-0.15, -0.1) is 0 Å². The van der Waals surface area contributed by atoms with E-state index in [0.717, 1.165) is 5.56 Å². The van der Waals surface area contributed by atoms with Crippen molar-refractivity contribution in [1.82, 2.24) is 4.90 Å². The quantitative estimate of drug-likeness (QED) is 0.667. The van der Waals surface area contributed by atoms with Gasteiger partial charge in [-0.25, -0.2) is 0 Å². The zero-order valence-electron chi connectivity index (χ0n) is 16.4. The second-order valence-corrected chi connectivity index (χ2v) is 6.16. The van der Waals surface area contributed by atoms with Gasteiger partial charge in [0.1, 0.15) is 5.75 Å². The number of carbonyl (C=O) groups excluding carboxylic acids is 2. The number of ether oxygens (including phenoxy) is 3. The standard InChI is InChI=1S/C21H25NO5/c1-14(23)15-9-10-18(25-3)17(11-15)12-20(24)22(2)13-16-7-6-8-19(26-4)21(16)27-5/h6-11H,12-13H2,1-5H3. The number of nitrogens with zero attached hydrogens (tertiary/aromatic N) is 1. The van der Waals surface area contributed by atoms with Crippen molar-refractivity contribution in [2.75, 3.05) is 28.4 Å². The van der Waals surface area contributed by atoms with E-state index >= 15 is 0 Å². The van der Waals surface area contributed by atoms with Crippen LogP contribution in [0.1, 0.15) is 28.4 Å². The molecule has 0 bridgehead atoms. The first-order chi connectivity index (χ1) is 12.9. The van der Waals surface area contributed by atoms with Gasteiger partial charge in [0, 0.05) is 30.3 Å². The predicted octanol–water partition coefficient (Wildman–Crippen LogP) is 3.12. The van der Waals surface area contributed by atoms with Crippen LogP contribution in [-0.2, 0) is 17.8 Å². The molecule has 0 N–H and O–H groups in total. The topological polar surface area (TPSA) is 65.1 Å². The second kappa shape index (κ2) is 9.07. The van der Waals surface area contributed by atoms with E-state index in [2.05, 4.69) is 0 Å². The molecule has 2 aromatic carbocycles. The molecule has 0 fully saturated rings. The summed E-state index contributed by atoms with van der Waals surface area (Å²) in [5.41, 5.74) is 2.08. The third kappa shape index (κ3) is 4.78. The molecule has 0 spiro atoms. The van der Waals surface area contributed by atoms with Crippen LogP contribution in [0.25, 0.3) is 0 Å². The number of rotatable bonds is 8. The van der Waals surface area contributed by atoms with Crippen LogP contribution < -0.4 is 14.2 Å².